The molecule has 1 aliphatic heterocycles. The minimum Gasteiger partial charge on any atom is -0.384 e. The van der Waals surface area contributed by atoms with Crippen molar-refractivity contribution in [2.24, 2.45) is 13.0 Å². The van der Waals surface area contributed by atoms with Gasteiger partial charge in [0.2, 0.25) is 5.91 Å². The first-order valence-corrected chi connectivity index (χ1v) is 12.4. The maximum absolute atomic E-state index is 13.8. The Bertz CT molecular complexity index is 1270. The summed E-state index contributed by atoms with van der Waals surface area (Å²) < 4.78 is 1.60. The highest BCUT2D eigenvalue weighted by Crippen LogP contribution is 2.34. The molecule has 0 radical (unpaired) electrons. The topological polar surface area (TPSA) is 126 Å². The molecule has 3 atom stereocenters. The number of aromatic nitrogens is 3. The minimum absolute atomic E-state index is 0.265. The zero-order chi connectivity index (χ0) is 26.7. The second-order valence-electron chi connectivity index (χ2n) is 9.43. The fraction of sp³-hybridized carbons (Fsp3) is 0.370. The normalized spacial score (nSPS) is 17.7. The summed E-state index contributed by atoms with van der Waals surface area (Å²) in [7, 11) is 3.38. The summed E-state index contributed by atoms with van der Waals surface area (Å²) in [5, 5.41) is 7.21. The van der Waals surface area contributed by atoms with Gasteiger partial charge in [-0.3, -0.25) is 24.1 Å². The predicted octanol–water partition coefficient (Wildman–Crippen LogP) is 2.99. The van der Waals surface area contributed by atoms with Gasteiger partial charge < -0.3 is 11.1 Å². The lowest BCUT2D eigenvalue weighted by molar-refractivity contribution is -0.156. The molecule has 0 saturated carbocycles. The number of urea groups is 1. The van der Waals surface area contributed by atoms with E-state index in [1.54, 1.807) is 43.3 Å². The summed E-state index contributed by atoms with van der Waals surface area (Å²) in [6, 6.07) is 11.2. The molecule has 1 saturated heterocycles. The zero-order valence-corrected chi connectivity index (χ0v) is 21.6. The highest BCUT2D eigenvalue weighted by Gasteiger charge is 2.55. The summed E-state index contributed by atoms with van der Waals surface area (Å²) in [5.41, 5.74) is 8.36. The number of likely N-dealkylation sites (N-methyl/N-ethyl adjacent to an activating group) is 1. The molecule has 10 nitrogen and oxygen atoms in total. The standard InChI is InChI=1S/C27H33N7O3/c1-5-9-21(19-10-7-6-8-11-19)31-27(37)34-23(26(36)32(3)24-17(2)16-30-33(24)4)20(25(34)35)14-18-12-13-29-22(28)15-18/h6-8,10-13,15-16,20-21,23H,5,9,14H2,1-4H3,(H2,28,29)(H,31,37)/t20-,21-,23+/m1/s1. The van der Waals surface area contributed by atoms with E-state index in [4.69, 9.17) is 5.73 Å². The molecule has 0 spiro atoms. The van der Waals surface area contributed by atoms with Crippen molar-refractivity contribution >= 4 is 29.5 Å². The molecule has 3 N–H and O–H groups in total. The molecule has 1 fully saturated rings. The summed E-state index contributed by atoms with van der Waals surface area (Å²) in [6.45, 7) is 3.89. The highest BCUT2D eigenvalue weighted by atomic mass is 16.2. The number of nitrogens with one attached hydrogen (secondary N) is 1. The third-order valence-electron chi connectivity index (χ3n) is 6.80. The quantitative estimate of drug-likeness (QED) is 0.455. The average molecular weight is 504 g/mol. The van der Waals surface area contributed by atoms with Gasteiger partial charge in [0.15, 0.2) is 0 Å². The van der Waals surface area contributed by atoms with Crippen molar-refractivity contribution < 1.29 is 14.4 Å². The van der Waals surface area contributed by atoms with Crippen molar-refractivity contribution in [3.05, 3.63) is 71.5 Å². The first-order chi connectivity index (χ1) is 17.7. The number of imide groups is 1. The molecular formula is C27H33N7O3. The Morgan fingerprint density at radius 2 is 1.95 bits per heavy atom. The van der Waals surface area contributed by atoms with Crippen LogP contribution in [0.5, 0.6) is 0 Å². The summed E-state index contributed by atoms with van der Waals surface area (Å²) in [5.74, 6) is -0.540. The molecule has 0 bridgehead atoms. The third kappa shape index (κ3) is 5.18. The first-order valence-electron chi connectivity index (χ1n) is 12.4. The van der Waals surface area contributed by atoms with Crippen LogP contribution in [0, 0.1) is 12.8 Å². The summed E-state index contributed by atoms with van der Waals surface area (Å²) >= 11 is 0. The minimum atomic E-state index is -0.973. The van der Waals surface area contributed by atoms with Crippen molar-refractivity contribution in [1.29, 1.82) is 0 Å². The molecule has 3 heterocycles. The number of anilines is 2. The van der Waals surface area contributed by atoms with E-state index in [0.717, 1.165) is 28.0 Å². The number of carbonyl (C=O) groups is 3. The number of nitrogens with zero attached hydrogens (tertiary/aromatic N) is 5. The molecule has 0 unspecified atom stereocenters. The highest BCUT2D eigenvalue weighted by molar-refractivity contribution is 6.12. The lowest BCUT2D eigenvalue weighted by Gasteiger charge is -2.46. The van der Waals surface area contributed by atoms with Crippen LogP contribution in [0.15, 0.2) is 54.9 Å². The lowest BCUT2D eigenvalue weighted by atomic mass is 9.81. The molecule has 0 aliphatic carbocycles. The van der Waals surface area contributed by atoms with Gasteiger partial charge >= 0.3 is 6.03 Å². The van der Waals surface area contributed by atoms with Crippen LogP contribution in [0.25, 0.3) is 0 Å². The molecular weight excluding hydrogens is 470 g/mol. The van der Waals surface area contributed by atoms with E-state index in [1.807, 2.05) is 44.2 Å². The SMILES string of the molecule is CCC[C@@H](NC(=O)N1C(=O)[C@H](Cc2ccnc(N)c2)[C@H]1C(=O)N(C)c1c(C)cnn1C)c1ccccc1. The Morgan fingerprint density at radius 1 is 1.22 bits per heavy atom. The maximum atomic E-state index is 13.8. The number of nitrogen functional groups attached to an aromatic ring is 1. The van der Waals surface area contributed by atoms with Gasteiger partial charge in [-0.2, -0.15) is 5.10 Å². The number of rotatable bonds is 8. The molecule has 10 heteroatoms. The van der Waals surface area contributed by atoms with Crippen LogP contribution in [-0.4, -0.2) is 50.6 Å². The van der Waals surface area contributed by atoms with Crippen LogP contribution in [0.3, 0.4) is 0 Å². The monoisotopic (exact) mass is 503 g/mol. The average Bonchev–Trinajstić information content (AvgIpc) is 3.22. The fourth-order valence-electron chi connectivity index (χ4n) is 4.97. The lowest BCUT2D eigenvalue weighted by Crippen LogP contribution is -2.70. The number of hydrogen-bond acceptors (Lipinski definition) is 6. The number of pyridine rings is 1. The zero-order valence-electron chi connectivity index (χ0n) is 21.6. The van der Waals surface area contributed by atoms with Gasteiger partial charge in [0.25, 0.3) is 5.91 Å². The van der Waals surface area contributed by atoms with Gasteiger partial charge in [0.1, 0.15) is 17.7 Å². The van der Waals surface area contributed by atoms with Crippen molar-refractivity contribution in [1.82, 2.24) is 25.0 Å². The number of β-lactam (4-membered cyclic amide) rings is 1. The van der Waals surface area contributed by atoms with Crippen LogP contribution in [0.2, 0.25) is 0 Å². The van der Waals surface area contributed by atoms with Gasteiger partial charge in [0, 0.05) is 25.9 Å². The molecule has 1 aromatic carbocycles. The fourth-order valence-corrected chi connectivity index (χ4v) is 4.97. The van der Waals surface area contributed by atoms with Crippen molar-refractivity contribution in [3.63, 3.8) is 0 Å². The Kier molecular flexibility index (Phi) is 7.56. The van der Waals surface area contributed by atoms with Crippen molar-refractivity contribution in [3.8, 4) is 0 Å². The van der Waals surface area contributed by atoms with E-state index >= 15 is 0 Å². The number of likely N-dealkylation sites (tertiary alicyclic amines) is 1. The van der Waals surface area contributed by atoms with Gasteiger partial charge in [0.05, 0.1) is 18.2 Å². The molecule has 37 heavy (non-hydrogen) atoms. The first kappa shape index (κ1) is 25.9. The number of benzene rings is 1. The number of hydrogen-bond donors (Lipinski definition) is 2. The summed E-state index contributed by atoms with van der Waals surface area (Å²) in [4.78, 5) is 47.2. The number of amides is 4. The number of nitrogens with two attached hydrogens (primary N) is 1. The van der Waals surface area contributed by atoms with Crippen LogP contribution in [-0.2, 0) is 23.1 Å². The predicted molar refractivity (Wildman–Crippen MR) is 140 cm³/mol. The van der Waals surface area contributed by atoms with E-state index in [1.165, 1.54) is 4.90 Å². The largest absolute Gasteiger partial charge is 0.384 e. The molecule has 3 aromatic rings. The number of aryl methyl sites for hydroxylation is 2. The van der Waals surface area contributed by atoms with E-state index < -0.39 is 23.9 Å². The number of carbonyl (C=O) groups excluding carboxylic acids is 3. The van der Waals surface area contributed by atoms with E-state index in [-0.39, 0.29) is 18.4 Å². The van der Waals surface area contributed by atoms with Gasteiger partial charge in [-0.05, 0) is 43.0 Å². The van der Waals surface area contributed by atoms with Crippen LogP contribution in [0.1, 0.15) is 42.5 Å². The van der Waals surface area contributed by atoms with E-state index in [2.05, 4.69) is 15.4 Å². The van der Waals surface area contributed by atoms with Crippen LogP contribution >= 0.6 is 0 Å². The Balaban J connectivity index is 1.63. The van der Waals surface area contributed by atoms with E-state index in [0.29, 0.717) is 18.1 Å². The van der Waals surface area contributed by atoms with Crippen molar-refractivity contribution in [2.45, 2.75) is 45.2 Å². The smallest absolute Gasteiger partial charge is 0.325 e. The van der Waals surface area contributed by atoms with E-state index in [9.17, 15) is 14.4 Å². The Labute approximate surface area is 216 Å². The van der Waals surface area contributed by atoms with Crippen molar-refractivity contribution in [2.75, 3.05) is 17.7 Å². The van der Waals surface area contributed by atoms with Crippen LogP contribution < -0.4 is 16.0 Å². The second-order valence-corrected chi connectivity index (χ2v) is 9.43. The molecule has 4 rings (SSSR count). The molecule has 4 amide bonds. The molecule has 2 aromatic heterocycles. The summed E-state index contributed by atoms with van der Waals surface area (Å²) in [6.07, 6.45) is 5.04. The third-order valence-corrected chi connectivity index (χ3v) is 6.80. The van der Waals surface area contributed by atoms with Crippen LogP contribution in [0.4, 0.5) is 16.4 Å². The molecule has 194 valence electrons. The van der Waals surface area contributed by atoms with Gasteiger partial charge in [-0.1, -0.05) is 43.7 Å². The van der Waals surface area contributed by atoms with Gasteiger partial charge in [-0.25, -0.2) is 9.78 Å². The Hall–Kier alpha value is -4.21. The maximum Gasteiger partial charge on any atom is 0.325 e. The Morgan fingerprint density at radius 3 is 2.57 bits per heavy atom. The molecule has 1 aliphatic rings. The van der Waals surface area contributed by atoms with Gasteiger partial charge in [-0.15, -0.1) is 0 Å². The second kappa shape index (κ2) is 10.8.